The van der Waals surface area contributed by atoms with E-state index in [9.17, 15) is 9.59 Å². The van der Waals surface area contributed by atoms with Crippen molar-refractivity contribution in [3.05, 3.63) is 59.7 Å². The highest BCUT2D eigenvalue weighted by molar-refractivity contribution is 6.35. The molecule has 1 aromatic heterocycles. The summed E-state index contributed by atoms with van der Waals surface area (Å²) in [5.41, 5.74) is 1.74. The van der Waals surface area contributed by atoms with Gasteiger partial charge < -0.3 is 14.1 Å². The van der Waals surface area contributed by atoms with Gasteiger partial charge in [-0.25, -0.2) is 0 Å². The van der Waals surface area contributed by atoms with Gasteiger partial charge in [-0.1, -0.05) is 19.1 Å². The minimum absolute atomic E-state index is 0.142. The Hall–Kier alpha value is -3.02. The van der Waals surface area contributed by atoms with Crippen LogP contribution in [0.1, 0.15) is 43.9 Å². The lowest BCUT2D eigenvalue weighted by molar-refractivity contribution is -0.138. The Balaban J connectivity index is 1.68. The second kappa shape index (κ2) is 8.55. The maximum atomic E-state index is 13.3. The lowest BCUT2D eigenvalue weighted by Crippen LogP contribution is -2.36. The Morgan fingerprint density at radius 3 is 2.41 bits per heavy atom. The molecular weight excluding hydrogens is 368 g/mol. The quantitative estimate of drug-likeness (QED) is 0.668. The number of amides is 2. The molecule has 1 fully saturated rings. The Morgan fingerprint density at radius 1 is 1.00 bits per heavy atom. The highest BCUT2D eigenvalue weighted by atomic mass is 16.5. The normalized spacial score (nSPS) is 17.4. The molecule has 3 heterocycles. The molecule has 0 spiro atoms. The minimum Gasteiger partial charge on any atom is -0.494 e. The van der Waals surface area contributed by atoms with Gasteiger partial charge in [0.1, 0.15) is 17.2 Å². The summed E-state index contributed by atoms with van der Waals surface area (Å²) in [7, 11) is 0. The molecule has 4 rings (SSSR count). The first-order chi connectivity index (χ1) is 14.2. The average molecular weight is 394 g/mol. The maximum absolute atomic E-state index is 13.3. The molecule has 1 saturated heterocycles. The topological polar surface area (TPSA) is 63.0 Å². The van der Waals surface area contributed by atoms with Gasteiger partial charge in [-0.15, -0.1) is 0 Å². The van der Waals surface area contributed by atoms with Crippen LogP contribution >= 0.6 is 0 Å². The number of carbonyl (C=O) groups is 2. The van der Waals surface area contributed by atoms with Crippen molar-refractivity contribution >= 4 is 17.4 Å². The lowest BCUT2D eigenvalue weighted by atomic mass is 10.0. The zero-order valence-corrected chi connectivity index (χ0v) is 16.7. The van der Waals surface area contributed by atoms with Crippen LogP contribution in [0.4, 0.5) is 0 Å². The highest BCUT2D eigenvalue weighted by Crippen LogP contribution is 2.34. The number of hydrogen-bond acceptors (Lipinski definition) is 5. The fourth-order valence-corrected chi connectivity index (χ4v) is 3.87. The van der Waals surface area contributed by atoms with E-state index in [0.29, 0.717) is 23.6 Å². The number of likely N-dealkylation sites (tertiary alicyclic amines) is 1. The summed E-state index contributed by atoms with van der Waals surface area (Å²) >= 11 is 0. The highest BCUT2D eigenvalue weighted by Gasteiger charge is 2.42. The number of piperidine rings is 1. The van der Waals surface area contributed by atoms with Crippen molar-refractivity contribution in [3.8, 4) is 5.75 Å². The fourth-order valence-electron chi connectivity index (χ4n) is 3.87. The first-order valence-corrected chi connectivity index (χ1v) is 10.3. The average Bonchev–Trinajstić information content (AvgIpc) is 3.35. The Bertz CT molecular complexity index is 893. The van der Waals surface area contributed by atoms with E-state index in [1.54, 1.807) is 18.4 Å². The third-order valence-electron chi connectivity index (χ3n) is 5.33. The zero-order chi connectivity index (χ0) is 20.2. The molecule has 6 heteroatoms. The molecule has 2 aliphatic rings. The fraction of sp³-hybridized carbons (Fsp3) is 0.391. The maximum Gasteiger partial charge on any atom is 0.278 e. The van der Waals surface area contributed by atoms with Gasteiger partial charge in [-0.3, -0.25) is 14.5 Å². The summed E-state index contributed by atoms with van der Waals surface area (Å²) in [6, 6.07) is 11.0. The number of carbonyl (C=O) groups excluding carboxylic acids is 2. The van der Waals surface area contributed by atoms with Crippen LogP contribution in [0, 0.1) is 0 Å². The summed E-state index contributed by atoms with van der Waals surface area (Å²) in [5, 5.41) is 0. The van der Waals surface area contributed by atoms with Crippen molar-refractivity contribution in [2.75, 3.05) is 19.7 Å². The number of rotatable bonds is 7. The molecule has 0 saturated carbocycles. The van der Waals surface area contributed by atoms with E-state index in [0.717, 1.165) is 50.1 Å². The molecule has 2 amide bonds. The standard InChI is InChI=1S/C23H26N2O4/c1-2-14-28-18-10-8-17(9-11-18)20-21(24-12-4-3-5-13-24)23(27)25(22(20)26)16-19-7-6-15-29-19/h6-11,15H,2-5,12-14,16H2,1H3. The van der Waals surface area contributed by atoms with Crippen molar-refractivity contribution in [1.82, 2.24) is 9.80 Å². The molecule has 0 unspecified atom stereocenters. The van der Waals surface area contributed by atoms with Crippen LogP contribution in [0.3, 0.4) is 0 Å². The van der Waals surface area contributed by atoms with E-state index in [-0.39, 0.29) is 18.4 Å². The smallest absolute Gasteiger partial charge is 0.278 e. The number of hydrogen-bond donors (Lipinski definition) is 0. The molecule has 0 bridgehead atoms. The van der Waals surface area contributed by atoms with E-state index in [2.05, 4.69) is 11.8 Å². The molecule has 0 aliphatic carbocycles. The second-order valence-corrected chi connectivity index (χ2v) is 7.42. The predicted molar refractivity (Wildman–Crippen MR) is 109 cm³/mol. The Morgan fingerprint density at radius 2 is 1.76 bits per heavy atom. The molecule has 6 nitrogen and oxygen atoms in total. The first kappa shape index (κ1) is 19.3. The van der Waals surface area contributed by atoms with Crippen LogP contribution in [0.25, 0.3) is 5.57 Å². The molecule has 0 N–H and O–H groups in total. The zero-order valence-electron chi connectivity index (χ0n) is 16.7. The second-order valence-electron chi connectivity index (χ2n) is 7.42. The van der Waals surface area contributed by atoms with E-state index in [4.69, 9.17) is 9.15 Å². The number of imide groups is 1. The van der Waals surface area contributed by atoms with Gasteiger partial charge in [0.2, 0.25) is 0 Å². The van der Waals surface area contributed by atoms with Gasteiger partial charge in [0, 0.05) is 13.1 Å². The van der Waals surface area contributed by atoms with Crippen LogP contribution in [0.15, 0.2) is 52.8 Å². The van der Waals surface area contributed by atoms with Gasteiger partial charge in [-0.2, -0.15) is 0 Å². The van der Waals surface area contributed by atoms with Crippen molar-refractivity contribution in [1.29, 1.82) is 0 Å². The molecule has 0 atom stereocenters. The van der Waals surface area contributed by atoms with E-state index in [1.165, 1.54) is 4.90 Å². The van der Waals surface area contributed by atoms with E-state index >= 15 is 0 Å². The van der Waals surface area contributed by atoms with Gasteiger partial charge in [0.25, 0.3) is 11.8 Å². The lowest BCUT2D eigenvalue weighted by Gasteiger charge is -2.29. The van der Waals surface area contributed by atoms with Crippen molar-refractivity contribution < 1.29 is 18.7 Å². The molecule has 1 aromatic carbocycles. The van der Waals surface area contributed by atoms with Gasteiger partial charge in [0.15, 0.2) is 0 Å². The van der Waals surface area contributed by atoms with Crippen LogP contribution in [0.5, 0.6) is 5.75 Å². The van der Waals surface area contributed by atoms with Crippen LogP contribution in [0.2, 0.25) is 0 Å². The third-order valence-corrected chi connectivity index (χ3v) is 5.33. The van der Waals surface area contributed by atoms with Crippen molar-refractivity contribution in [3.63, 3.8) is 0 Å². The third kappa shape index (κ3) is 3.92. The summed E-state index contributed by atoms with van der Waals surface area (Å²) < 4.78 is 11.0. The van der Waals surface area contributed by atoms with Gasteiger partial charge >= 0.3 is 0 Å². The summed E-state index contributed by atoms with van der Waals surface area (Å²) in [6.45, 7) is 4.44. The first-order valence-electron chi connectivity index (χ1n) is 10.3. The molecule has 2 aliphatic heterocycles. The molecule has 152 valence electrons. The largest absolute Gasteiger partial charge is 0.494 e. The van der Waals surface area contributed by atoms with Gasteiger partial charge in [0.05, 0.1) is 25.0 Å². The van der Waals surface area contributed by atoms with E-state index < -0.39 is 0 Å². The Labute approximate surface area is 170 Å². The summed E-state index contributed by atoms with van der Waals surface area (Å²) in [6.07, 6.45) is 5.69. The van der Waals surface area contributed by atoms with Crippen LogP contribution in [-0.2, 0) is 16.1 Å². The number of furan rings is 1. The monoisotopic (exact) mass is 394 g/mol. The van der Waals surface area contributed by atoms with Crippen LogP contribution < -0.4 is 4.74 Å². The predicted octanol–water partition coefficient (Wildman–Crippen LogP) is 3.83. The molecule has 2 aromatic rings. The number of nitrogens with zero attached hydrogens (tertiary/aromatic N) is 2. The minimum atomic E-state index is -0.269. The molecular formula is C23H26N2O4. The molecule has 0 radical (unpaired) electrons. The summed E-state index contributed by atoms with van der Waals surface area (Å²) in [4.78, 5) is 29.9. The molecule has 29 heavy (non-hydrogen) atoms. The van der Waals surface area contributed by atoms with Crippen LogP contribution in [-0.4, -0.2) is 41.3 Å². The Kier molecular flexibility index (Phi) is 5.69. The van der Waals surface area contributed by atoms with E-state index in [1.807, 2.05) is 24.3 Å². The number of benzene rings is 1. The van der Waals surface area contributed by atoms with Gasteiger partial charge in [-0.05, 0) is 55.5 Å². The van der Waals surface area contributed by atoms with Crippen molar-refractivity contribution in [2.24, 2.45) is 0 Å². The van der Waals surface area contributed by atoms with Crippen molar-refractivity contribution in [2.45, 2.75) is 39.2 Å². The summed E-state index contributed by atoms with van der Waals surface area (Å²) in [5.74, 6) is 0.845. The number of ether oxygens (including phenoxy) is 1. The SMILES string of the molecule is CCCOc1ccc(C2=C(N3CCCCC3)C(=O)N(Cc3ccco3)C2=O)cc1.